The number of guanidine groups is 1. The molecule has 0 amide bonds. The number of hydrogen-bond donors (Lipinski definition) is 2. The predicted octanol–water partition coefficient (Wildman–Crippen LogP) is 1.91. The van der Waals surface area contributed by atoms with Gasteiger partial charge in [0.1, 0.15) is 17.9 Å². The van der Waals surface area contributed by atoms with Gasteiger partial charge in [0.15, 0.2) is 5.96 Å². The van der Waals surface area contributed by atoms with Gasteiger partial charge in [-0.05, 0) is 25.5 Å². The Hall–Kier alpha value is -2.57. The molecule has 1 heterocycles. The summed E-state index contributed by atoms with van der Waals surface area (Å²) in [5.74, 6) is 2.65. The van der Waals surface area contributed by atoms with Crippen LogP contribution in [0.1, 0.15) is 30.8 Å². The lowest BCUT2D eigenvalue weighted by Gasteiger charge is -2.13. The number of methoxy groups -OCH3 is 1. The largest absolute Gasteiger partial charge is 0.496 e. The maximum absolute atomic E-state index is 5.45. The first-order valence-corrected chi connectivity index (χ1v) is 8.70. The van der Waals surface area contributed by atoms with Crippen LogP contribution in [0, 0.1) is 6.92 Å². The highest BCUT2D eigenvalue weighted by atomic mass is 16.5. The molecule has 0 saturated carbocycles. The molecule has 0 spiro atoms. The molecular weight excluding hydrogens is 316 g/mol. The number of hydrogen-bond acceptors (Lipinski definition) is 4. The fourth-order valence-electron chi connectivity index (χ4n) is 2.52. The molecule has 2 aromatic rings. The van der Waals surface area contributed by atoms with E-state index >= 15 is 0 Å². The van der Waals surface area contributed by atoms with Crippen molar-refractivity contribution in [1.29, 1.82) is 0 Å². The van der Waals surface area contributed by atoms with Crippen LogP contribution in [0.3, 0.4) is 0 Å². The van der Waals surface area contributed by atoms with Crippen LogP contribution < -0.4 is 15.4 Å². The summed E-state index contributed by atoms with van der Waals surface area (Å²) in [5.41, 5.74) is 2.24. The van der Waals surface area contributed by atoms with E-state index in [1.165, 1.54) is 5.56 Å². The fourth-order valence-corrected chi connectivity index (χ4v) is 2.52. The summed E-state index contributed by atoms with van der Waals surface area (Å²) < 4.78 is 7.50. The average molecular weight is 344 g/mol. The van der Waals surface area contributed by atoms with E-state index in [0.717, 1.165) is 49.2 Å². The lowest BCUT2D eigenvalue weighted by atomic mass is 10.1. The summed E-state index contributed by atoms with van der Waals surface area (Å²) in [6.45, 7) is 9.11. The molecule has 0 radical (unpaired) electrons. The highest BCUT2D eigenvalue weighted by Gasteiger charge is 2.05. The standard InChI is InChI=1S/C18H28N6O/c1-5-17-23-22-13-24(17)10-9-20-18(19-6-2)21-12-15-8-7-14(3)11-16(15)25-4/h7-8,11,13H,5-6,9-10,12H2,1-4H3,(H2,19,20,21). The first-order valence-electron chi connectivity index (χ1n) is 8.70. The van der Waals surface area contributed by atoms with Gasteiger partial charge >= 0.3 is 0 Å². The maximum atomic E-state index is 5.45. The second-order valence-corrected chi connectivity index (χ2v) is 5.73. The number of rotatable bonds is 8. The molecule has 0 aliphatic carbocycles. The Balaban J connectivity index is 1.96. The Labute approximate surface area is 149 Å². The highest BCUT2D eigenvalue weighted by Crippen LogP contribution is 2.20. The van der Waals surface area contributed by atoms with Gasteiger partial charge in [0.25, 0.3) is 0 Å². The molecular formula is C18H28N6O. The third kappa shape index (κ3) is 5.48. The smallest absolute Gasteiger partial charge is 0.191 e. The molecule has 0 atom stereocenters. The number of nitrogens with zero attached hydrogens (tertiary/aromatic N) is 4. The van der Waals surface area contributed by atoms with E-state index in [1.54, 1.807) is 13.4 Å². The minimum Gasteiger partial charge on any atom is -0.496 e. The number of benzene rings is 1. The number of ether oxygens (including phenoxy) is 1. The van der Waals surface area contributed by atoms with Gasteiger partial charge in [-0.3, -0.25) is 0 Å². The summed E-state index contributed by atoms with van der Waals surface area (Å²) in [4.78, 5) is 4.66. The van der Waals surface area contributed by atoms with Gasteiger partial charge in [-0.1, -0.05) is 19.1 Å². The monoisotopic (exact) mass is 344 g/mol. The lowest BCUT2D eigenvalue weighted by molar-refractivity contribution is 0.409. The molecule has 7 nitrogen and oxygen atoms in total. The van der Waals surface area contributed by atoms with Crippen LogP contribution in [-0.4, -0.2) is 40.9 Å². The molecule has 1 aromatic heterocycles. The lowest BCUT2D eigenvalue weighted by Crippen LogP contribution is -2.38. The summed E-state index contributed by atoms with van der Waals surface area (Å²) in [6.07, 6.45) is 2.64. The molecule has 7 heteroatoms. The first-order chi connectivity index (χ1) is 12.2. The molecule has 0 fully saturated rings. The Morgan fingerprint density at radius 2 is 2.12 bits per heavy atom. The number of aliphatic imine (C=N–C) groups is 1. The van der Waals surface area contributed by atoms with Crippen molar-refractivity contribution >= 4 is 5.96 Å². The van der Waals surface area contributed by atoms with Crippen molar-refractivity contribution in [3.63, 3.8) is 0 Å². The predicted molar refractivity (Wildman–Crippen MR) is 99.9 cm³/mol. The van der Waals surface area contributed by atoms with Gasteiger partial charge in [-0.2, -0.15) is 0 Å². The zero-order valence-corrected chi connectivity index (χ0v) is 15.5. The second-order valence-electron chi connectivity index (χ2n) is 5.73. The van der Waals surface area contributed by atoms with E-state index in [1.807, 2.05) is 6.07 Å². The molecule has 25 heavy (non-hydrogen) atoms. The Morgan fingerprint density at radius 3 is 2.84 bits per heavy atom. The Bertz CT molecular complexity index is 695. The summed E-state index contributed by atoms with van der Waals surface area (Å²) in [6, 6.07) is 6.17. The number of nitrogens with one attached hydrogen (secondary N) is 2. The summed E-state index contributed by atoms with van der Waals surface area (Å²) >= 11 is 0. The molecule has 0 bridgehead atoms. The summed E-state index contributed by atoms with van der Waals surface area (Å²) in [5, 5.41) is 14.7. The zero-order valence-electron chi connectivity index (χ0n) is 15.5. The van der Waals surface area contributed by atoms with Crippen LogP contribution in [0.2, 0.25) is 0 Å². The van der Waals surface area contributed by atoms with Crippen molar-refractivity contribution in [2.75, 3.05) is 20.2 Å². The van der Waals surface area contributed by atoms with Crippen LogP contribution in [0.4, 0.5) is 0 Å². The maximum Gasteiger partial charge on any atom is 0.191 e. The fraction of sp³-hybridized carbons (Fsp3) is 0.500. The summed E-state index contributed by atoms with van der Waals surface area (Å²) in [7, 11) is 1.69. The number of aromatic nitrogens is 3. The normalized spacial score (nSPS) is 11.4. The van der Waals surface area contributed by atoms with Crippen molar-refractivity contribution in [3.05, 3.63) is 41.5 Å². The van der Waals surface area contributed by atoms with E-state index < -0.39 is 0 Å². The molecule has 136 valence electrons. The molecule has 0 aliphatic rings. The minimum atomic E-state index is 0.561. The molecule has 1 aromatic carbocycles. The minimum absolute atomic E-state index is 0.561. The van der Waals surface area contributed by atoms with Gasteiger partial charge in [0.05, 0.1) is 13.7 Å². The van der Waals surface area contributed by atoms with Crippen molar-refractivity contribution < 1.29 is 4.74 Å². The SMILES string of the molecule is CCNC(=NCc1ccc(C)cc1OC)NCCn1cnnc1CC. The van der Waals surface area contributed by atoms with Crippen LogP contribution in [0.25, 0.3) is 0 Å². The van der Waals surface area contributed by atoms with E-state index in [0.29, 0.717) is 6.54 Å². The van der Waals surface area contributed by atoms with Crippen LogP contribution in [0.15, 0.2) is 29.5 Å². The van der Waals surface area contributed by atoms with E-state index in [2.05, 4.69) is 63.3 Å². The van der Waals surface area contributed by atoms with Crippen LogP contribution in [-0.2, 0) is 19.5 Å². The topological polar surface area (TPSA) is 76.4 Å². The van der Waals surface area contributed by atoms with Gasteiger partial charge in [0, 0.05) is 31.6 Å². The molecule has 0 saturated heterocycles. The number of aryl methyl sites for hydroxylation is 2. The van der Waals surface area contributed by atoms with Crippen molar-refractivity contribution in [3.8, 4) is 5.75 Å². The molecule has 2 N–H and O–H groups in total. The third-order valence-corrected chi connectivity index (χ3v) is 3.85. The highest BCUT2D eigenvalue weighted by molar-refractivity contribution is 5.79. The molecule has 0 unspecified atom stereocenters. The van der Waals surface area contributed by atoms with Crippen LogP contribution in [0.5, 0.6) is 5.75 Å². The van der Waals surface area contributed by atoms with Gasteiger partial charge < -0.3 is 19.9 Å². The van der Waals surface area contributed by atoms with E-state index in [9.17, 15) is 0 Å². The second kappa shape index (κ2) is 9.66. The van der Waals surface area contributed by atoms with Crippen molar-refractivity contribution in [2.24, 2.45) is 4.99 Å². The quantitative estimate of drug-likeness (QED) is 0.565. The van der Waals surface area contributed by atoms with E-state index in [-0.39, 0.29) is 0 Å². The molecule has 2 rings (SSSR count). The average Bonchev–Trinajstić information content (AvgIpc) is 3.07. The first kappa shape index (κ1) is 18.8. The van der Waals surface area contributed by atoms with Crippen LogP contribution >= 0.6 is 0 Å². The Kier molecular flexibility index (Phi) is 7.25. The van der Waals surface area contributed by atoms with Crippen molar-refractivity contribution in [1.82, 2.24) is 25.4 Å². The molecule has 0 aliphatic heterocycles. The van der Waals surface area contributed by atoms with Gasteiger partial charge in [0.2, 0.25) is 0 Å². The van der Waals surface area contributed by atoms with Gasteiger partial charge in [-0.25, -0.2) is 4.99 Å². The Morgan fingerprint density at radius 1 is 1.28 bits per heavy atom. The third-order valence-electron chi connectivity index (χ3n) is 3.85. The zero-order chi connectivity index (χ0) is 18.1. The van der Waals surface area contributed by atoms with E-state index in [4.69, 9.17) is 4.74 Å². The van der Waals surface area contributed by atoms with Crippen molar-refractivity contribution in [2.45, 2.75) is 40.3 Å². The van der Waals surface area contributed by atoms with Gasteiger partial charge in [-0.15, -0.1) is 10.2 Å².